The number of piperidine rings is 1. The molecule has 1 aliphatic heterocycles. The number of aromatic nitrogens is 1. The van der Waals surface area contributed by atoms with Crippen molar-refractivity contribution in [3.05, 3.63) is 17.3 Å². The molecule has 130 valence electrons. The smallest absolute Gasteiger partial charge is 0.276 e. The van der Waals surface area contributed by atoms with Gasteiger partial charge in [0.05, 0.1) is 6.10 Å². The number of carbonyl (C=O) groups is 1. The zero-order valence-electron chi connectivity index (χ0n) is 15.5. The molecule has 0 aromatic carbocycles. The van der Waals surface area contributed by atoms with Crippen LogP contribution in [0.1, 0.15) is 55.8 Å². The van der Waals surface area contributed by atoms with Crippen molar-refractivity contribution < 1.29 is 13.6 Å². The van der Waals surface area contributed by atoms with Crippen LogP contribution in [0.4, 0.5) is 0 Å². The molecule has 1 aromatic rings. The third-order valence-electron chi connectivity index (χ3n) is 5.04. The number of amides is 1. The Morgan fingerprint density at radius 2 is 2.00 bits per heavy atom. The summed E-state index contributed by atoms with van der Waals surface area (Å²) in [6.45, 7) is 16.2. The fraction of sp³-hybridized carbons (Fsp3) is 0.765. The maximum absolute atomic E-state index is 12.7. The second-order valence-electron chi connectivity index (χ2n) is 8.03. The first-order valence-electron chi connectivity index (χ1n) is 8.42. The Bertz CT molecular complexity index is 575. The second kappa shape index (κ2) is 6.40. The van der Waals surface area contributed by atoms with Gasteiger partial charge >= 0.3 is 0 Å². The van der Waals surface area contributed by atoms with E-state index in [1.165, 1.54) is 0 Å². The molecule has 1 fully saturated rings. The number of nitrogens with zero attached hydrogens (tertiary/aromatic N) is 2. The standard InChI is InChI=1S/C17H30N2O3Si/c1-12-15(18-13(2)21-12)16(20)19-10-8-9-14(11-19)22-23(6,7)17(3,4)5/h14H,8-11H2,1-7H3. The van der Waals surface area contributed by atoms with Gasteiger partial charge in [0.15, 0.2) is 19.9 Å². The van der Waals surface area contributed by atoms with Crippen molar-refractivity contribution in [2.75, 3.05) is 13.1 Å². The van der Waals surface area contributed by atoms with Crippen LogP contribution in [0.3, 0.4) is 0 Å². The molecule has 1 atom stereocenters. The quantitative estimate of drug-likeness (QED) is 0.784. The first kappa shape index (κ1) is 18.2. The van der Waals surface area contributed by atoms with E-state index in [9.17, 15) is 4.79 Å². The van der Waals surface area contributed by atoms with Gasteiger partial charge in [-0.2, -0.15) is 0 Å². The summed E-state index contributed by atoms with van der Waals surface area (Å²) in [5, 5.41) is 0.180. The Morgan fingerprint density at radius 3 is 2.52 bits per heavy atom. The summed E-state index contributed by atoms with van der Waals surface area (Å²) in [5.74, 6) is 1.10. The number of aryl methyl sites for hydroxylation is 2. The molecule has 2 rings (SSSR count). The van der Waals surface area contributed by atoms with Crippen molar-refractivity contribution in [3.8, 4) is 0 Å². The number of carbonyl (C=O) groups excluding carboxylic acids is 1. The summed E-state index contributed by atoms with van der Waals surface area (Å²) >= 11 is 0. The monoisotopic (exact) mass is 338 g/mol. The van der Waals surface area contributed by atoms with Crippen molar-refractivity contribution in [2.45, 2.75) is 71.7 Å². The molecule has 6 heteroatoms. The maximum atomic E-state index is 12.7. The normalized spacial score (nSPS) is 20.0. The van der Waals surface area contributed by atoms with Crippen molar-refractivity contribution in [2.24, 2.45) is 0 Å². The second-order valence-corrected chi connectivity index (χ2v) is 12.8. The lowest BCUT2D eigenvalue weighted by Crippen LogP contribution is -2.50. The van der Waals surface area contributed by atoms with Crippen LogP contribution >= 0.6 is 0 Å². The molecule has 0 bridgehead atoms. The van der Waals surface area contributed by atoms with Crippen molar-refractivity contribution in [1.82, 2.24) is 9.88 Å². The lowest BCUT2D eigenvalue weighted by Gasteiger charge is -2.42. The Balaban J connectivity index is 2.06. The summed E-state index contributed by atoms with van der Waals surface area (Å²) in [6, 6.07) is 0. The summed E-state index contributed by atoms with van der Waals surface area (Å²) in [7, 11) is -1.81. The molecular formula is C17H30N2O3Si. The molecule has 1 aliphatic rings. The Hall–Kier alpha value is -1.14. The maximum Gasteiger partial charge on any atom is 0.276 e. The molecule has 0 saturated carbocycles. The van der Waals surface area contributed by atoms with Crippen LogP contribution in [-0.4, -0.2) is 43.3 Å². The highest BCUT2D eigenvalue weighted by Gasteiger charge is 2.40. The molecule has 0 radical (unpaired) electrons. The minimum Gasteiger partial charge on any atom is -0.445 e. The van der Waals surface area contributed by atoms with Crippen LogP contribution in [0, 0.1) is 13.8 Å². The lowest BCUT2D eigenvalue weighted by atomic mass is 10.1. The van der Waals surface area contributed by atoms with Gasteiger partial charge in [-0.25, -0.2) is 4.98 Å². The predicted molar refractivity (Wildman–Crippen MR) is 93.2 cm³/mol. The summed E-state index contributed by atoms with van der Waals surface area (Å²) in [5.41, 5.74) is 0.440. The van der Waals surface area contributed by atoms with E-state index < -0.39 is 8.32 Å². The SMILES string of the molecule is Cc1nc(C(=O)N2CCCC(O[Si](C)(C)C(C)(C)C)C2)c(C)o1. The topological polar surface area (TPSA) is 55.6 Å². The lowest BCUT2D eigenvalue weighted by molar-refractivity contribution is 0.0498. The van der Waals surface area contributed by atoms with Crippen LogP contribution in [0.5, 0.6) is 0 Å². The molecule has 23 heavy (non-hydrogen) atoms. The average Bonchev–Trinajstić information content (AvgIpc) is 2.75. The number of hydrogen-bond donors (Lipinski definition) is 0. The minimum atomic E-state index is -1.81. The molecule has 1 amide bonds. The average molecular weight is 339 g/mol. The fourth-order valence-corrected chi connectivity index (χ4v) is 4.07. The van der Waals surface area contributed by atoms with Gasteiger partial charge in [-0.05, 0) is 37.9 Å². The zero-order valence-corrected chi connectivity index (χ0v) is 16.5. The van der Waals surface area contributed by atoms with E-state index in [1.807, 2.05) is 4.90 Å². The molecule has 0 N–H and O–H groups in total. The Labute approximate surface area is 140 Å². The van der Waals surface area contributed by atoms with Crippen molar-refractivity contribution in [3.63, 3.8) is 0 Å². The van der Waals surface area contributed by atoms with Gasteiger partial charge < -0.3 is 13.7 Å². The van der Waals surface area contributed by atoms with Gasteiger partial charge in [-0.15, -0.1) is 0 Å². The number of likely N-dealkylation sites (tertiary alicyclic amines) is 1. The van der Waals surface area contributed by atoms with Gasteiger partial charge in [0.2, 0.25) is 0 Å². The van der Waals surface area contributed by atoms with Crippen LogP contribution in [0.25, 0.3) is 0 Å². The fourth-order valence-electron chi connectivity index (χ4n) is 2.69. The molecule has 1 saturated heterocycles. The zero-order chi connectivity index (χ0) is 17.4. The number of oxazole rings is 1. The first-order valence-corrected chi connectivity index (χ1v) is 11.3. The molecule has 0 spiro atoms. The van der Waals surface area contributed by atoms with E-state index in [4.69, 9.17) is 8.84 Å². The molecule has 2 heterocycles. The van der Waals surface area contributed by atoms with Crippen LogP contribution in [-0.2, 0) is 4.43 Å². The third-order valence-corrected chi connectivity index (χ3v) is 9.57. The molecule has 1 aromatic heterocycles. The third kappa shape index (κ3) is 4.04. The number of rotatable bonds is 3. The summed E-state index contributed by atoms with van der Waals surface area (Å²) in [6.07, 6.45) is 2.12. The van der Waals surface area contributed by atoms with E-state index in [-0.39, 0.29) is 17.0 Å². The van der Waals surface area contributed by atoms with E-state index in [0.717, 1.165) is 19.4 Å². The minimum absolute atomic E-state index is 0.0390. The van der Waals surface area contributed by atoms with Gasteiger partial charge in [0.1, 0.15) is 5.76 Å². The van der Waals surface area contributed by atoms with Crippen LogP contribution < -0.4 is 0 Å². The Kier molecular flexibility index (Phi) is 5.06. The highest BCUT2D eigenvalue weighted by molar-refractivity contribution is 6.74. The summed E-state index contributed by atoms with van der Waals surface area (Å²) in [4.78, 5) is 18.8. The van der Waals surface area contributed by atoms with Crippen LogP contribution in [0.2, 0.25) is 18.1 Å². The first-order chi connectivity index (χ1) is 10.5. The van der Waals surface area contributed by atoms with E-state index in [1.54, 1.807) is 13.8 Å². The van der Waals surface area contributed by atoms with Crippen molar-refractivity contribution >= 4 is 14.2 Å². The molecule has 1 unspecified atom stereocenters. The molecular weight excluding hydrogens is 308 g/mol. The number of hydrogen-bond acceptors (Lipinski definition) is 4. The van der Waals surface area contributed by atoms with E-state index in [0.29, 0.717) is 23.9 Å². The van der Waals surface area contributed by atoms with Crippen molar-refractivity contribution in [1.29, 1.82) is 0 Å². The Morgan fingerprint density at radius 1 is 1.35 bits per heavy atom. The summed E-state index contributed by atoms with van der Waals surface area (Å²) < 4.78 is 11.9. The van der Waals surface area contributed by atoms with Gasteiger partial charge in [-0.1, -0.05) is 20.8 Å². The van der Waals surface area contributed by atoms with E-state index >= 15 is 0 Å². The highest BCUT2D eigenvalue weighted by Crippen LogP contribution is 2.38. The van der Waals surface area contributed by atoms with Gasteiger partial charge in [0.25, 0.3) is 5.91 Å². The molecule has 0 aliphatic carbocycles. The van der Waals surface area contributed by atoms with Crippen LogP contribution in [0.15, 0.2) is 4.42 Å². The van der Waals surface area contributed by atoms with Gasteiger partial charge in [-0.3, -0.25) is 4.79 Å². The molecule has 5 nitrogen and oxygen atoms in total. The van der Waals surface area contributed by atoms with Gasteiger partial charge in [0, 0.05) is 20.0 Å². The largest absolute Gasteiger partial charge is 0.445 e. The highest BCUT2D eigenvalue weighted by atomic mass is 28.4. The van der Waals surface area contributed by atoms with E-state index in [2.05, 4.69) is 38.8 Å². The predicted octanol–water partition coefficient (Wildman–Crippen LogP) is 3.92.